The molecule has 1 atom stereocenters. The first-order chi connectivity index (χ1) is 15.5. The van der Waals surface area contributed by atoms with Gasteiger partial charge in [-0.05, 0) is 51.9 Å². The number of aliphatic hydroxyl groups is 1. The van der Waals surface area contributed by atoms with Gasteiger partial charge in [-0.2, -0.15) is 0 Å². The molecule has 0 unspecified atom stereocenters. The van der Waals surface area contributed by atoms with Crippen LogP contribution in [0.25, 0.3) is 0 Å². The van der Waals surface area contributed by atoms with Crippen molar-refractivity contribution < 1.29 is 24.2 Å². The van der Waals surface area contributed by atoms with Gasteiger partial charge in [0.25, 0.3) is 0 Å². The van der Waals surface area contributed by atoms with Crippen LogP contribution in [0.3, 0.4) is 0 Å². The van der Waals surface area contributed by atoms with Crippen molar-refractivity contribution in [1.82, 2.24) is 9.88 Å². The van der Waals surface area contributed by atoms with Gasteiger partial charge in [0, 0.05) is 31.7 Å². The molecule has 3 fully saturated rings. The lowest BCUT2D eigenvalue weighted by Crippen LogP contribution is -2.50. The number of likely N-dealkylation sites (tertiary alicyclic amines) is 1. The maximum absolute atomic E-state index is 13.6. The molecule has 1 aromatic heterocycles. The monoisotopic (exact) mass is 446 g/mol. The largest absolute Gasteiger partial charge is 0.493 e. The minimum Gasteiger partial charge on any atom is -0.493 e. The Labute approximate surface area is 189 Å². The highest BCUT2D eigenvalue weighted by Crippen LogP contribution is 2.44. The molecule has 9 nitrogen and oxygen atoms in total. The van der Waals surface area contributed by atoms with E-state index in [1.54, 1.807) is 26.3 Å². The second-order valence-corrected chi connectivity index (χ2v) is 9.11. The fourth-order valence-electron chi connectivity index (χ4n) is 5.44. The summed E-state index contributed by atoms with van der Waals surface area (Å²) in [6, 6.07) is 1.98. The minimum absolute atomic E-state index is 0.220. The van der Waals surface area contributed by atoms with Crippen LogP contribution in [0.4, 0.5) is 16.3 Å². The Bertz CT molecular complexity index is 842. The molecule has 1 aromatic rings. The average molecular weight is 447 g/mol. The zero-order chi connectivity index (χ0) is 22.7. The van der Waals surface area contributed by atoms with E-state index in [0.717, 1.165) is 58.0 Å². The molecule has 1 saturated carbocycles. The summed E-state index contributed by atoms with van der Waals surface area (Å²) in [7, 11) is 1.58. The Hall–Kier alpha value is -2.55. The van der Waals surface area contributed by atoms with Gasteiger partial charge in [0.1, 0.15) is 0 Å². The Kier molecular flexibility index (Phi) is 6.74. The van der Waals surface area contributed by atoms with Gasteiger partial charge in [-0.1, -0.05) is 0 Å². The van der Waals surface area contributed by atoms with Gasteiger partial charge in [0.05, 0.1) is 37.1 Å². The SMILES string of the molecule is CCOC(=O)Nc1cnc(N2CCC[C@@]3(CCN(C4CCC(O)CC4)C3=O)C2)c(OC)c1. The number of hydrogen-bond acceptors (Lipinski definition) is 7. The van der Waals surface area contributed by atoms with Gasteiger partial charge in [-0.25, -0.2) is 9.78 Å². The molecule has 176 valence electrons. The van der Waals surface area contributed by atoms with E-state index in [2.05, 4.69) is 20.1 Å². The number of anilines is 2. The standard InChI is InChI=1S/C23H34N4O5/c1-3-32-22(30)25-16-13-19(31-2)20(24-14-16)26-11-4-9-23(15-26)10-12-27(21(23)29)17-5-7-18(28)8-6-17/h13-14,17-18,28H,3-12,15H2,1-2H3,(H,25,30)/t17?,18?,23-/m1/s1. The zero-order valence-electron chi connectivity index (χ0n) is 19.0. The highest BCUT2D eigenvalue weighted by molar-refractivity contribution is 5.87. The van der Waals surface area contributed by atoms with Crippen LogP contribution >= 0.6 is 0 Å². The van der Waals surface area contributed by atoms with Crippen LogP contribution in [0.1, 0.15) is 51.9 Å². The first kappa shape index (κ1) is 22.6. The molecule has 0 aromatic carbocycles. The molecule has 9 heteroatoms. The van der Waals surface area contributed by atoms with Gasteiger partial charge >= 0.3 is 6.09 Å². The highest BCUT2D eigenvalue weighted by Gasteiger charge is 2.51. The number of rotatable bonds is 5. The van der Waals surface area contributed by atoms with E-state index in [0.29, 0.717) is 23.8 Å². The molecule has 2 saturated heterocycles. The third-order valence-corrected chi connectivity index (χ3v) is 7.10. The number of amides is 2. The van der Waals surface area contributed by atoms with Crippen LogP contribution in [-0.2, 0) is 9.53 Å². The molecule has 3 heterocycles. The lowest BCUT2D eigenvalue weighted by molar-refractivity contribution is -0.139. The molecule has 2 aliphatic heterocycles. The Balaban J connectivity index is 1.48. The van der Waals surface area contributed by atoms with E-state index >= 15 is 0 Å². The summed E-state index contributed by atoms with van der Waals surface area (Å²) in [6.45, 7) is 4.25. The van der Waals surface area contributed by atoms with Crippen LogP contribution < -0.4 is 15.0 Å². The number of piperidine rings is 1. The first-order valence-electron chi connectivity index (χ1n) is 11.7. The number of aliphatic hydroxyl groups excluding tert-OH is 1. The molecule has 2 amide bonds. The Morgan fingerprint density at radius 1 is 1.28 bits per heavy atom. The summed E-state index contributed by atoms with van der Waals surface area (Å²) >= 11 is 0. The quantitative estimate of drug-likeness (QED) is 0.717. The maximum atomic E-state index is 13.6. The fourth-order valence-corrected chi connectivity index (χ4v) is 5.44. The van der Waals surface area contributed by atoms with Crippen LogP contribution in [0, 0.1) is 5.41 Å². The van der Waals surface area contributed by atoms with E-state index in [1.165, 1.54) is 0 Å². The number of nitrogens with zero attached hydrogens (tertiary/aromatic N) is 3. The highest BCUT2D eigenvalue weighted by atomic mass is 16.5. The molecule has 4 rings (SSSR count). The normalized spacial score (nSPS) is 28.2. The van der Waals surface area contributed by atoms with E-state index < -0.39 is 6.09 Å². The van der Waals surface area contributed by atoms with Crippen LogP contribution in [0.15, 0.2) is 12.3 Å². The predicted octanol–water partition coefficient (Wildman–Crippen LogP) is 2.78. The number of aromatic nitrogens is 1. The second kappa shape index (κ2) is 9.52. The minimum atomic E-state index is -0.534. The Morgan fingerprint density at radius 2 is 2.06 bits per heavy atom. The number of carbonyl (C=O) groups excluding carboxylic acids is 2. The van der Waals surface area contributed by atoms with E-state index in [-0.39, 0.29) is 30.1 Å². The zero-order valence-corrected chi connectivity index (χ0v) is 19.0. The van der Waals surface area contributed by atoms with Gasteiger partial charge in [-0.15, -0.1) is 0 Å². The maximum Gasteiger partial charge on any atom is 0.411 e. The van der Waals surface area contributed by atoms with Crippen molar-refractivity contribution in [3.05, 3.63) is 12.3 Å². The van der Waals surface area contributed by atoms with Gasteiger partial charge in [0.2, 0.25) is 5.91 Å². The summed E-state index contributed by atoms with van der Waals surface area (Å²) in [4.78, 5) is 34.0. The third kappa shape index (κ3) is 4.48. The number of methoxy groups -OCH3 is 1. The van der Waals surface area contributed by atoms with Crippen molar-refractivity contribution in [3.63, 3.8) is 0 Å². The lowest BCUT2D eigenvalue weighted by atomic mass is 9.78. The first-order valence-corrected chi connectivity index (χ1v) is 11.7. The average Bonchev–Trinajstić information content (AvgIpc) is 3.09. The molecule has 1 aliphatic carbocycles. The molecular weight excluding hydrogens is 412 g/mol. The number of pyridine rings is 1. The summed E-state index contributed by atoms with van der Waals surface area (Å²) < 4.78 is 10.5. The van der Waals surface area contributed by atoms with Gasteiger partial charge in [-0.3, -0.25) is 10.1 Å². The molecule has 1 spiro atoms. The van der Waals surface area contributed by atoms with Crippen molar-refractivity contribution >= 4 is 23.5 Å². The molecular formula is C23H34N4O5. The summed E-state index contributed by atoms with van der Waals surface area (Å²) in [5.41, 5.74) is 0.112. The van der Waals surface area contributed by atoms with Crippen molar-refractivity contribution in [2.24, 2.45) is 5.41 Å². The molecule has 0 radical (unpaired) electrons. The predicted molar refractivity (Wildman–Crippen MR) is 120 cm³/mol. The van der Waals surface area contributed by atoms with Crippen molar-refractivity contribution in [3.8, 4) is 5.75 Å². The number of carbonyl (C=O) groups is 2. The molecule has 2 N–H and O–H groups in total. The summed E-state index contributed by atoms with van der Waals surface area (Å²) in [6.07, 6.45) is 6.82. The summed E-state index contributed by atoms with van der Waals surface area (Å²) in [5.74, 6) is 1.50. The number of hydrogen-bond donors (Lipinski definition) is 2. The lowest BCUT2D eigenvalue weighted by Gasteiger charge is -2.41. The van der Waals surface area contributed by atoms with Crippen molar-refractivity contribution in [1.29, 1.82) is 0 Å². The van der Waals surface area contributed by atoms with Crippen molar-refractivity contribution in [2.45, 2.75) is 64.0 Å². The fraction of sp³-hybridized carbons (Fsp3) is 0.696. The van der Waals surface area contributed by atoms with Crippen LogP contribution in [-0.4, -0.2) is 72.5 Å². The second-order valence-electron chi connectivity index (χ2n) is 9.11. The topological polar surface area (TPSA) is 104 Å². The number of nitrogens with one attached hydrogen (secondary N) is 1. The third-order valence-electron chi connectivity index (χ3n) is 7.10. The van der Waals surface area contributed by atoms with E-state index in [4.69, 9.17) is 9.47 Å². The van der Waals surface area contributed by atoms with E-state index in [9.17, 15) is 14.7 Å². The molecule has 3 aliphatic rings. The molecule has 32 heavy (non-hydrogen) atoms. The van der Waals surface area contributed by atoms with Gasteiger partial charge in [0.15, 0.2) is 11.6 Å². The smallest absolute Gasteiger partial charge is 0.411 e. The van der Waals surface area contributed by atoms with Crippen LogP contribution in [0.5, 0.6) is 5.75 Å². The Morgan fingerprint density at radius 3 is 2.78 bits per heavy atom. The number of ether oxygens (including phenoxy) is 2. The van der Waals surface area contributed by atoms with Crippen molar-refractivity contribution in [2.75, 3.05) is 43.6 Å². The van der Waals surface area contributed by atoms with Crippen LogP contribution in [0.2, 0.25) is 0 Å². The summed E-state index contributed by atoms with van der Waals surface area (Å²) in [5, 5.41) is 12.5. The molecule has 0 bridgehead atoms. The van der Waals surface area contributed by atoms with Gasteiger partial charge < -0.3 is 24.4 Å². The van der Waals surface area contributed by atoms with E-state index in [1.807, 2.05) is 0 Å².